The number of amidine groups is 1. The molecule has 20 heavy (non-hydrogen) atoms. The summed E-state index contributed by atoms with van der Waals surface area (Å²) in [5.41, 5.74) is 7.36. The van der Waals surface area contributed by atoms with Crippen LogP contribution in [-0.4, -0.2) is 33.2 Å². The number of nitrogens with two attached hydrogens (primary N) is 1. The fraction of sp³-hybridized carbons (Fsp3) is 0.538. The van der Waals surface area contributed by atoms with E-state index >= 15 is 0 Å². The zero-order chi connectivity index (χ0) is 15.1. The fourth-order valence-electron chi connectivity index (χ4n) is 1.86. The molecule has 0 fully saturated rings. The minimum absolute atomic E-state index is 0.00279. The van der Waals surface area contributed by atoms with E-state index in [9.17, 15) is 4.79 Å². The molecule has 0 radical (unpaired) electrons. The van der Waals surface area contributed by atoms with Gasteiger partial charge in [0.2, 0.25) is 0 Å². The summed E-state index contributed by atoms with van der Waals surface area (Å²) in [7, 11) is 0. The van der Waals surface area contributed by atoms with Crippen molar-refractivity contribution in [2.24, 2.45) is 10.9 Å². The first kappa shape index (κ1) is 15.9. The lowest BCUT2D eigenvalue weighted by Gasteiger charge is -2.17. The number of nitrogens with zero attached hydrogens (tertiary/aromatic N) is 3. The average Bonchev–Trinajstić information content (AvgIpc) is 2.45. The summed E-state index contributed by atoms with van der Waals surface area (Å²) in [5.74, 6) is -0.290. The van der Waals surface area contributed by atoms with E-state index in [2.05, 4.69) is 20.7 Å². The van der Waals surface area contributed by atoms with Crippen molar-refractivity contribution in [1.82, 2.24) is 15.5 Å². The van der Waals surface area contributed by atoms with Gasteiger partial charge in [-0.2, -0.15) is 10.2 Å². The Morgan fingerprint density at radius 3 is 2.75 bits per heavy atom. The SMILES string of the molecule is CCCC(NC(=O)c1cc(C)nnc1CC)/C(N)=N/O. The molecule has 110 valence electrons. The van der Waals surface area contributed by atoms with Gasteiger partial charge in [-0.25, -0.2) is 0 Å². The summed E-state index contributed by atoms with van der Waals surface area (Å²) >= 11 is 0. The van der Waals surface area contributed by atoms with E-state index in [1.54, 1.807) is 13.0 Å². The van der Waals surface area contributed by atoms with E-state index in [-0.39, 0.29) is 11.7 Å². The number of carbonyl (C=O) groups excluding carboxylic acids is 1. The molecule has 0 aliphatic carbocycles. The van der Waals surface area contributed by atoms with Crippen molar-refractivity contribution in [1.29, 1.82) is 0 Å². The van der Waals surface area contributed by atoms with Crippen LogP contribution in [0.1, 0.15) is 48.4 Å². The van der Waals surface area contributed by atoms with E-state index in [1.165, 1.54) is 0 Å². The van der Waals surface area contributed by atoms with E-state index in [0.29, 0.717) is 29.8 Å². The van der Waals surface area contributed by atoms with Gasteiger partial charge in [0, 0.05) is 0 Å². The highest BCUT2D eigenvalue weighted by molar-refractivity contribution is 5.99. The lowest BCUT2D eigenvalue weighted by atomic mass is 10.1. The van der Waals surface area contributed by atoms with Crippen LogP contribution in [0.4, 0.5) is 0 Å². The highest BCUT2D eigenvalue weighted by Crippen LogP contribution is 2.09. The highest BCUT2D eigenvalue weighted by atomic mass is 16.4. The Morgan fingerprint density at radius 1 is 1.50 bits per heavy atom. The van der Waals surface area contributed by atoms with Crippen LogP contribution in [0.2, 0.25) is 0 Å². The summed E-state index contributed by atoms with van der Waals surface area (Å²) in [4.78, 5) is 12.3. The van der Waals surface area contributed by atoms with E-state index < -0.39 is 6.04 Å². The second-order valence-electron chi connectivity index (χ2n) is 4.54. The van der Waals surface area contributed by atoms with Gasteiger partial charge >= 0.3 is 0 Å². The van der Waals surface area contributed by atoms with Gasteiger partial charge in [-0.1, -0.05) is 25.4 Å². The van der Waals surface area contributed by atoms with Gasteiger partial charge in [-0.05, 0) is 25.8 Å². The molecule has 7 nitrogen and oxygen atoms in total. The van der Waals surface area contributed by atoms with Crippen LogP contribution < -0.4 is 11.1 Å². The van der Waals surface area contributed by atoms with Crippen LogP contribution in [0.3, 0.4) is 0 Å². The molecule has 7 heteroatoms. The van der Waals surface area contributed by atoms with Crippen LogP contribution >= 0.6 is 0 Å². The Labute approximate surface area is 118 Å². The zero-order valence-electron chi connectivity index (χ0n) is 12.1. The molecule has 1 atom stereocenters. The maximum atomic E-state index is 12.3. The molecule has 0 saturated carbocycles. The first-order valence-corrected chi connectivity index (χ1v) is 6.64. The summed E-state index contributed by atoms with van der Waals surface area (Å²) in [5, 5.41) is 22.4. The van der Waals surface area contributed by atoms with Gasteiger partial charge in [-0.3, -0.25) is 4.79 Å². The fourth-order valence-corrected chi connectivity index (χ4v) is 1.86. The molecule has 1 aromatic rings. The summed E-state index contributed by atoms with van der Waals surface area (Å²) < 4.78 is 0. The molecule has 0 saturated heterocycles. The maximum absolute atomic E-state index is 12.3. The van der Waals surface area contributed by atoms with Gasteiger partial charge in [0.05, 0.1) is 23.0 Å². The zero-order valence-corrected chi connectivity index (χ0v) is 12.1. The van der Waals surface area contributed by atoms with Crippen molar-refractivity contribution in [2.75, 3.05) is 0 Å². The molecule has 1 amide bonds. The molecule has 0 aromatic carbocycles. The first-order valence-electron chi connectivity index (χ1n) is 6.64. The van der Waals surface area contributed by atoms with E-state index in [1.807, 2.05) is 13.8 Å². The molecule has 1 unspecified atom stereocenters. The molecule has 0 aliphatic heterocycles. The number of nitrogens with one attached hydrogen (secondary N) is 1. The van der Waals surface area contributed by atoms with Crippen molar-refractivity contribution >= 4 is 11.7 Å². The third-order valence-electron chi connectivity index (χ3n) is 2.93. The number of aryl methyl sites for hydroxylation is 2. The number of oxime groups is 1. The number of carbonyl (C=O) groups is 1. The molecule has 1 rings (SSSR count). The highest BCUT2D eigenvalue weighted by Gasteiger charge is 2.19. The van der Waals surface area contributed by atoms with Gasteiger partial charge in [0.25, 0.3) is 5.91 Å². The van der Waals surface area contributed by atoms with Crippen LogP contribution in [0.15, 0.2) is 11.2 Å². The molecular formula is C13H21N5O2. The summed E-state index contributed by atoms with van der Waals surface area (Å²) in [6.07, 6.45) is 2.01. The molecule has 4 N–H and O–H groups in total. The second-order valence-corrected chi connectivity index (χ2v) is 4.54. The molecule has 0 spiro atoms. The van der Waals surface area contributed by atoms with E-state index in [0.717, 1.165) is 6.42 Å². The normalized spacial score (nSPS) is 13.1. The van der Waals surface area contributed by atoms with E-state index in [4.69, 9.17) is 10.9 Å². The number of aromatic nitrogens is 2. The minimum atomic E-state index is -0.490. The second kappa shape index (κ2) is 7.42. The topological polar surface area (TPSA) is 113 Å². The molecule has 1 heterocycles. The van der Waals surface area contributed by atoms with Gasteiger partial charge in [0.15, 0.2) is 5.84 Å². The van der Waals surface area contributed by atoms with Gasteiger partial charge < -0.3 is 16.3 Å². The molecule has 0 aliphatic rings. The van der Waals surface area contributed by atoms with Crippen LogP contribution in [0.5, 0.6) is 0 Å². The van der Waals surface area contributed by atoms with Crippen molar-refractivity contribution in [3.8, 4) is 0 Å². The van der Waals surface area contributed by atoms with Crippen molar-refractivity contribution in [3.63, 3.8) is 0 Å². The van der Waals surface area contributed by atoms with Crippen molar-refractivity contribution in [3.05, 3.63) is 23.0 Å². The monoisotopic (exact) mass is 279 g/mol. The third-order valence-corrected chi connectivity index (χ3v) is 2.93. The third kappa shape index (κ3) is 3.91. The summed E-state index contributed by atoms with van der Waals surface area (Å²) in [6.45, 7) is 5.64. The average molecular weight is 279 g/mol. The largest absolute Gasteiger partial charge is 0.409 e. The molecular weight excluding hydrogens is 258 g/mol. The van der Waals surface area contributed by atoms with Crippen LogP contribution in [-0.2, 0) is 6.42 Å². The lowest BCUT2D eigenvalue weighted by molar-refractivity contribution is 0.0943. The number of hydrogen-bond acceptors (Lipinski definition) is 5. The Bertz CT molecular complexity index is 502. The number of hydrogen-bond donors (Lipinski definition) is 3. The van der Waals surface area contributed by atoms with Crippen molar-refractivity contribution in [2.45, 2.75) is 46.1 Å². The number of amides is 1. The predicted molar refractivity (Wildman–Crippen MR) is 75.7 cm³/mol. The van der Waals surface area contributed by atoms with Gasteiger partial charge in [0.1, 0.15) is 0 Å². The standard InChI is InChI=1S/C13H21N5O2/c1-4-6-11(12(14)18-20)15-13(19)9-7-8(3)16-17-10(9)5-2/h7,11,20H,4-6H2,1-3H3,(H2,14,18)(H,15,19). The maximum Gasteiger partial charge on any atom is 0.253 e. The Morgan fingerprint density at radius 2 is 2.20 bits per heavy atom. The Balaban J connectivity index is 2.97. The quantitative estimate of drug-likeness (QED) is 0.311. The molecule has 0 bridgehead atoms. The molecule has 1 aromatic heterocycles. The summed E-state index contributed by atoms with van der Waals surface area (Å²) in [6, 6.07) is 1.20. The first-order chi connectivity index (χ1) is 9.53. The predicted octanol–water partition coefficient (Wildman–Crippen LogP) is 0.992. The Kier molecular flexibility index (Phi) is 5.89. The van der Waals surface area contributed by atoms with Crippen LogP contribution in [0.25, 0.3) is 0 Å². The minimum Gasteiger partial charge on any atom is -0.409 e. The number of rotatable bonds is 6. The Hall–Kier alpha value is -2.18. The smallest absolute Gasteiger partial charge is 0.253 e. The van der Waals surface area contributed by atoms with Crippen LogP contribution in [0, 0.1) is 6.92 Å². The lowest BCUT2D eigenvalue weighted by Crippen LogP contribution is -2.44. The van der Waals surface area contributed by atoms with Gasteiger partial charge in [-0.15, -0.1) is 0 Å². The van der Waals surface area contributed by atoms with Crippen molar-refractivity contribution < 1.29 is 10.0 Å².